The van der Waals surface area contributed by atoms with Crippen molar-refractivity contribution in [2.75, 3.05) is 18.0 Å². The number of fused-ring (bicyclic) bond motifs is 1. The number of anilines is 1. The van der Waals surface area contributed by atoms with Crippen molar-refractivity contribution in [2.24, 2.45) is 5.73 Å². The second-order valence-corrected chi connectivity index (χ2v) is 11.0. The largest absolute Gasteiger partial charge is 0.508 e. The predicted octanol–water partition coefficient (Wildman–Crippen LogP) is 5.53. The number of carbonyl (C=O) groups excluding carboxylic acids is 1. The molecule has 8 nitrogen and oxygen atoms in total. The van der Waals surface area contributed by atoms with Crippen molar-refractivity contribution in [3.63, 3.8) is 0 Å². The van der Waals surface area contributed by atoms with Crippen LogP contribution < -0.4 is 16.0 Å². The summed E-state index contributed by atoms with van der Waals surface area (Å²) >= 11 is 0. The number of rotatable bonds is 6. The summed E-state index contributed by atoms with van der Waals surface area (Å²) in [4.78, 5) is 28.7. The fourth-order valence-corrected chi connectivity index (χ4v) is 5.61. The Morgan fingerprint density at radius 2 is 1.88 bits per heavy atom. The van der Waals surface area contributed by atoms with Crippen LogP contribution in [-0.2, 0) is 0 Å². The molecule has 5 aromatic rings. The lowest BCUT2D eigenvalue weighted by Gasteiger charge is -2.30. The highest BCUT2D eigenvalue weighted by Gasteiger charge is 2.24. The molecular formula is C33H33FN6O2. The summed E-state index contributed by atoms with van der Waals surface area (Å²) in [6.07, 6.45) is 3.63. The number of phenols is 1. The van der Waals surface area contributed by atoms with Crippen LogP contribution in [0.25, 0.3) is 22.0 Å². The van der Waals surface area contributed by atoms with E-state index in [-0.39, 0.29) is 23.3 Å². The number of aromatic nitrogens is 3. The van der Waals surface area contributed by atoms with Crippen molar-refractivity contribution < 1.29 is 14.3 Å². The first kappa shape index (κ1) is 27.4. The summed E-state index contributed by atoms with van der Waals surface area (Å²) < 4.78 is 14.3. The molecule has 0 aliphatic carbocycles. The fraction of sp³-hybridized carbons (Fsp3) is 0.242. The third-order valence-electron chi connectivity index (χ3n) is 7.88. The first-order valence-electron chi connectivity index (χ1n) is 14.1. The number of piperidine rings is 1. The predicted molar refractivity (Wildman–Crippen MR) is 162 cm³/mol. The highest BCUT2D eigenvalue weighted by Crippen LogP contribution is 2.32. The normalized spacial score (nSPS) is 14.7. The Hall–Kier alpha value is -4.76. The lowest BCUT2D eigenvalue weighted by atomic mass is 9.98. The zero-order valence-electron chi connectivity index (χ0n) is 23.6. The molecular weight excluding hydrogens is 531 g/mol. The number of amides is 1. The topological polar surface area (TPSA) is 120 Å². The number of phenolic OH excluding ortho intramolecular Hbond substituents is 1. The van der Waals surface area contributed by atoms with Gasteiger partial charge in [-0.25, -0.2) is 14.4 Å². The van der Waals surface area contributed by atoms with Gasteiger partial charge in [0.05, 0.1) is 11.7 Å². The van der Waals surface area contributed by atoms with Gasteiger partial charge in [0.25, 0.3) is 5.91 Å². The number of aromatic amines is 1. The number of carbonyl (C=O) groups is 1. The first-order valence-corrected chi connectivity index (χ1v) is 14.1. The maximum absolute atomic E-state index is 14.3. The number of hydrogen-bond donors (Lipinski definition) is 4. The van der Waals surface area contributed by atoms with Crippen LogP contribution in [0, 0.1) is 19.7 Å². The minimum atomic E-state index is -0.827. The molecule has 0 radical (unpaired) electrons. The van der Waals surface area contributed by atoms with Gasteiger partial charge in [-0.15, -0.1) is 0 Å². The Bertz CT molecular complexity index is 1740. The second kappa shape index (κ2) is 11.3. The van der Waals surface area contributed by atoms with E-state index in [1.165, 1.54) is 18.2 Å². The Kier molecular flexibility index (Phi) is 7.34. The number of aryl methyl sites for hydroxylation is 2. The van der Waals surface area contributed by atoms with Gasteiger partial charge in [0.2, 0.25) is 5.95 Å². The summed E-state index contributed by atoms with van der Waals surface area (Å²) in [6.45, 7) is 5.52. The smallest absolute Gasteiger partial charge is 0.252 e. The molecule has 1 saturated heterocycles. The standard InChI is InChI=1S/C33H33FN6O2/c1-19-13-22(27-18-36-33(37-20(27)2)40-11-9-25(35)10-12-40)15-23(14-19)32(42)39-31(26-17-24(34)7-8-30(26)41)29-16-21-5-3-4-6-28(21)38-29/h3-8,13-18,25,31,38,41H,9-12,35H2,1-2H3,(H,39,42)/t31-/m1/s1. The number of benzene rings is 3. The summed E-state index contributed by atoms with van der Waals surface area (Å²) in [5.74, 6) is -0.312. The molecule has 2 aromatic heterocycles. The van der Waals surface area contributed by atoms with Crippen LogP contribution in [0.5, 0.6) is 5.75 Å². The van der Waals surface area contributed by atoms with Crippen molar-refractivity contribution in [2.45, 2.75) is 38.8 Å². The zero-order valence-corrected chi connectivity index (χ0v) is 23.6. The van der Waals surface area contributed by atoms with E-state index in [1.807, 2.05) is 50.2 Å². The molecule has 1 fully saturated rings. The minimum absolute atomic E-state index is 0.117. The highest BCUT2D eigenvalue weighted by molar-refractivity contribution is 5.96. The molecule has 1 amide bonds. The highest BCUT2D eigenvalue weighted by atomic mass is 19.1. The number of nitrogens with two attached hydrogens (primary N) is 1. The van der Waals surface area contributed by atoms with Crippen LogP contribution in [-0.4, -0.2) is 45.1 Å². The molecule has 214 valence electrons. The first-order chi connectivity index (χ1) is 20.2. The molecule has 42 heavy (non-hydrogen) atoms. The van der Waals surface area contributed by atoms with Crippen molar-refractivity contribution in [3.8, 4) is 16.9 Å². The molecule has 1 atom stereocenters. The van der Waals surface area contributed by atoms with Gasteiger partial charge in [0.15, 0.2) is 0 Å². The van der Waals surface area contributed by atoms with Crippen molar-refractivity contribution in [1.82, 2.24) is 20.3 Å². The van der Waals surface area contributed by atoms with E-state index in [4.69, 9.17) is 10.7 Å². The van der Waals surface area contributed by atoms with Gasteiger partial charge in [-0.05, 0) is 85.7 Å². The van der Waals surface area contributed by atoms with Gasteiger partial charge in [-0.3, -0.25) is 4.79 Å². The summed E-state index contributed by atoms with van der Waals surface area (Å²) in [6, 6.07) is 18.3. The molecule has 0 saturated carbocycles. The monoisotopic (exact) mass is 564 g/mol. The van der Waals surface area contributed by atoms with Gasteiger partial charge < -0.3 is 26.0 Å². The molecule has 0 bridgehead atoms. The van der Waals surface area contributed by atoms with Crippen molar-refractivity contribution in [1.29, 1.82) is 0 Å². The molecule has 0 spiro atoms. The van der Waals surface area contributed by atoms with Crippen molar-refractivity contribution >= 4 is 22.8 Å². The van der Waals surface area contributed by atoms with Gasteiger partial charge in [-0.1, -0.05) is 24.3 Å². The summed E-state index contributed by atoms with van der Waals surface area (Å²) in [5, 5.41) is 14.6. The summed E-state index contributed by atoms with van der Waals surface area (Å²) in [5.41, 5.74) is 11.6. The number of aromatic hydroxyl groups is 1. The van der Waals surface area contributed by atoms with E-state index in [9.17, 15) is 14.3 Å². The SMILES string of the molecule is Cc1cc(C(=O)N[C@@H](c2cc3ccccc3[nH]2)c2cc(F)ccc2O)cc(-c2cnc(N3CCC(N)CC3)nc2C)c1. The van der Waals surface area contributed by atoms with Crippen LogP contribution in [0.3, 0.4) is 0 Å². The van der Waals surface area contributed by atoms with Crippen molar-refractivity contribution in [3.05, 3.63) is 107 Å². The second-order valence-electron chi connectivity index (χ2n) is 11.0. The maximum Gasteiger partial charge on any atom is 0.252 e. The number of H-pyrrole nitrogens is 1. The molecule has 1 aliphatic heterocycles. The van der Waals surface area contributed by atoms with Crippen LogP contribution in [0.15, 0.2) is 72.9 Å². The third kappa shape index (κ3) is 5.56. The molecule has 3 heterocycles. The van der Waals surface area contributed by atoms with Crippen LogP contribution in [0.1, 0.15) is 51.8 Å². The van der Waals surface area contributed by atoms with Crippen LogP contribution in [0.2, 0.25) is 0 Å². The molecule has 5 N–H and O–H groups in total. The molecule has 0 unspecified atom stereocenters. The number of hydrogen-bond acceptors (Lipinski definition) is 6. The van der Waals surface area contributed by atoms with E-state index >= 15 is 0 Å². The molecule has 1 aliphatic rings. The Morgan fingerprint density at radius 3 is 2.64 bits per heavy atom. The van der Waals surface area contributed by atoms with Gasteiger partial charge in [0, 0.05) is 53.2 Å². The van der Waals surface area contributed by atoms with Gasteiger partial charge >= 0.3 is 0 Å². The quantitative estimate of drug-likeness (QED) is 0.215. The summed E-state index contributed by atoms with van der Waals surface area (Å²) in [7, 11) is 0. The maximum atomic E-state index is 14.3. The Morgan fingerprint density at radius 1 is 1.10 bits per heavy atom. The Balaban J connectivity index is 1.32. The molecule has 9 heteroatoms. The minimum Gasteiger partial charge on any atom is -0.508 e. The fourth-order valence-electron chi connectivity index (χ4n) is 5.61. The average Bonchev–Trinajstić information content (AvgIpc) is 3.41. The third-order valence-corrected chi connectivity index (χ3v) is 7.88. The number of halogens is 1. The zero-order chi connectivity index (χ0) is 29.4. The van der Waals surface area contributed by atoms with E-state index in [2.05, 4.69) is 20.2 Å². The number of para-hydroxylation sites is 1. The lowest BCUT2D eigenvalue weighted by molar-refractivity contribution is 0.0942. The van der Waals surface area contributed by atoms with E-state index in [0.717, 1.165) is 59.2 Å². The van der Waals surface area contributed by atoms with Gasteiger partial charge in [0.1, 0.15) is 11.6 Å². The average molecular weight is 565 g/mol. The van der Waals surface area contributed by atoms with E-state index in [1.54, 1.807) is 18.3 Å². The molecule has 3 aromatic carbocycles. The lowest BCUT2D eigenvalue weighted by Crippen LogP contribution is -2.40. The van der Waals surface area contributed by atoms with E-state index in [0.29, 0.717) is 17.2 Å². The molecule has 6 rings (SSSR count). The Labute approximate surface area is 243 Å². The van der Waals surface area contributed by atoms with E-state index < -0.39 is 11.9 Å². The van der Waals surface area contributed by atoms with Crippen LogP contribution >= 0.6 is 0 Å². The van der Waals surface area contributed by atoms with Gasteiger partial charge in [-0.2, -0.15) is 0 Å². The number of nitrogens with zero attached hydrogens (tertiary/aromatic N) is 3. The van der Waals surface area contributed by atoms with Crippen LogP contribution in [0.4, 0.5) is 10.3 Å². The number of nitrogens with one attached hydrogen (secondary N) is 2.